The van der Waals surface area contributed by atoms with Crippen LogP contribution in [-0.4, -0.2) is 46.5 Å². The van der Waals surface area contributed by atoms with Crippen molar-refractivity contribution < 1.29 is 9.53 Å². The monoisotopic (exact) mass is 439 g/mol. The van der Waals surface area contributed by atoms with Gasteiger partial charge in [-0.2, -0.15) is 5.26 Å². The Hall–Kier alpha value is -4.58. The summed E-state index contributed by atoms with van der Waals surface area (Å²) in [6.07, 6.45) is 5.39. The number of ether oxygens (including phenoxy) is 1. The summed E-state index contributed by atoms with van der Waals surface area (Å²) >= 11 is 0. The van der Waals surface area contributed by atoms with Crippen molar-refractivity contribution in [3.8, 4) is 23.1 Å². The summed E-state index contributed by atoms with van der Waals surface area (Å²) in [6.45, 7) is 0.608. The average Bonchev–Trinajstić information content (AvgIpc) is 2.87. The number of aromatic nitrogens is 4. The molecule has 9 heteroatoms. The molecule has 0 aliphatic carbocycles. The van der Waals surface area contributed by atoms with E-state index in [0.29, 0.717) is 35.8 Å². The lowest BCUT2D eigenvalue weighted by Gasteiger charge is -2.11. The Morgan fingerprint density at radius 2 is 2.03 bits per heavy atom. The van der Waals surface area contributed by atoms with Gasteiger partial charge in [0.2, 0.25) is 0 Å². The second-order valence-electron chi connectivity index (χ2n) is 7.10. The Morgan fingerprint density at radius 3 is 2.82 bits per heavy atom. The lowest BCUT2D eigenvalue weighted by molar-refractivity contribution is 0.0964. The molecule has 4 aromatic rings. The maximum absolute atomic E-state index is 12.2. The third-order valence-electron chi connectivity index (χ3n) is 5.17. The maximum Gasteiger partial charge on any atom is 0.251 e. The molecule has 0 saturated carbocycles. The van der Waals surface area contributed by atoms with Crippen LogP contribution in [-0.2, 0) is 6.42 Å². The number of hydrogen-bond acceptors (Lipinski definition) is 8. The predicted octanol–water partition coefficient (Wildman–Crippen LogP) is 2.98. The number of benzene rings is 1. The highest BCUT2D eigenvalue weighted by molar-refractivity contribution is 6.06. The molecular weight excluding hydrogens is 418 g/mol. The van der Waals surface area contributed by atoms with Crippen molar-refractivity contribution in [1.29, 1.82) is 5.26 Å². The smallest absolute Gasteiger partial charge is 0.251 e. The van der Waals surface area contributed by atoms with Crippen LogP contribution in [0.4, 0.5) is 5.82 Å². The fourth-order valence-electron chi connectivity index (χ4n) is 3.53. The highest BCUT2D eigenvalue weighted by atomic mass is 16.5. The molecule has 33 heavy (non-hydrogen) atoms. The summed E-state index contributed by atoms with van der Waals surface area (Å²) in [4.78, 5) is 29.4. The third kappa shape index (κ3) is 4.55. The van der Waals surface area contributed by atoms with Crippen molar-refractivity contribution in [3.63, 3.8) is 0 Å². The lowest BCUT2D eigenvalue weighted by atomic mass is 10.0. The molecule has 164 valence electrons. The molecule has 2 N–H and O–H groups in total. The molecule has 1 aromatic carbocycles. The van der Waals surface area contributed by atoms with Crippen molar-refractivity contribution in [2.24, 2.45) is 0 Å². The van der Waals surface area contributed by atoms with Crippen molar-refractivity contribution in [3.05, 3.63) is 71.9 Å². The van der Waals surface area contributed by atoms with Crippen LogP contribution in [0, 0.1) is 11.3 Å². The number of para-hydroxylation sites is 1. The van der Waals surface area contributed by atoms with Crippen LogP contribution >= 0.6 is 0 Å². The van der Waals surface area contributed by atoms with Crippen molar-refractivity contribution in [1.82, 2.24) is 25.3 Å². The highest BCUT2D eigenvalue weighted by Crippen LogP contribution is 2.25. The molecule has 0 spiro atoms. The summed E-state index contributed by atoms with van der Waals surface area (Å²) in [5.41, 5.74) is 4.03. The van der Waals surface area contributed by atoms with Crippen LogP contribution in [0.5, 0.6) is 5.75 Å². The number of rotatable bonds is 7. The van der Waals surface area contributed by atoms with Gasteiger partial charge in [0.1, 0.15) is 18.2 Å². The molecule has 0 saturated heterocycles. The number of anilines is 1. The number of methoxy groups -OCH3 is 1. The average molecular weight is 439 g/mol. The van der Waals surface area contributed by atoms with E-state index >= 15 is 0 Å². The Morgan fingerprint density at radius 1 is 1.15 bits per heavy atom. The van der Waals surface area contributed by atoms with E-state index in [9.17, 15) is 4.79 Å². The number of hydrogen-bond donors (Lipinski definition) is 2. The second kappa shape index (κ2) is 9.70. The summed E-state index contributed by atoms with van der Waals surface area (Å²) in [7, 11) is 3.11. The van der Waals surface area contributed by atoms with Crippen LogP contribution in [0.2, 0.25) is 0 Å². The topological polar surface area (TPSA) is 126 Å². The molecule has 0 aliphatic heterocycles. The normalized spacial score (nSPS) is 10.5. The van der Waals surface area contributed by atoms with Crippen LogP contribution in [0.1, 0.15) is 21.6 Å². The Balaban J connectivity index is 1.51. The van der Waals surface area contributed by atoms with E-state index in [1.165, 1.54) is 13.4 Å². The van der Waals surface area contributed by atoms with Gasteiger partial charge >= 0.3 is 0 Å². The predicted molar refractivity (Wildman–Crippen MR) is 124 cm³/mol. The van der Waals surface area contributed by atoms with Gasteiger partial charge in [0, 0.05) is 43.0 Å². The number of nitrogens with one attached hydrogen (secondary N) is 2. The molecule has 0 fully saturated rings. The molecule has 0 radical (unpaired) electrons. The van der Waals surface area contributed by atoms with Gasteiger partial charge < -0.3 is 15.4 Å². The second-order valence-corrected chi connectivity index (χ2v) is 7.10. The summed E-state index contributed by atoms with van der Waals surface area (Å²) in [5, 5.41) is 15.9. The third-order valence-corrected chi connectivity index (χ3v) is 5.17. The fourth-order valence-corrected chi connectivity index (χ4v) is 3.53. The Bertz CT molecular complexity index is 1360. The van der Waals surface area contributed by atoms with E-state index in [4.69, 9.17) is 10.00 Å². The number of carbonyl (C=O) groups excluding carboxylic acids is 1. The van der Waals surface area contributed by atoms with E-state index in [1.807, 2.05) is 30.3 Å². The van der Waals surface area contributed by atoms with Gasteiger partial charge in [-0.1, -0.05) is 18.2 Å². The Labute approximate surface area is 190 Å². The molecular formula is C24H21N7O2. The minimum Gasteiger partial charge on any atom is -0.494 e. The number of amides is 1. The van der Waals surface area contributed by atoms with Gasteiger partial charge in [0.25, 0.3) is 5.91 Å². The SMILES string of the molecule is CNC(=O)c1ccnc2c(CCNc3cc(-c4cnc(C#N)c(OC)c4)ncn3)cccc12. The van der Waals surface area contributed by atoms with E-state index in [0.717, 1.165) is 22.0 Å². The van der Waals surface area contributed by atoms with Crippen molar-refractivity contribution >= 4 is 22.6 Å². The lowest BCUT2D eigenvalue weighted by Crippen LogP contribution is -2.18. The first kappa shape index (κ1) is 21.6. The Kier molecular flexibility index (Phi) is 6.36. The van der Waals surface area contributed by atoms with E-state index in [2.05, 4.69) is 30.6 Å². The zero-order valence-corrected chi connectivity index (χ0v) is 18.2. The van der Waals surface area contributed by atoms with Crippen LogP contribution < -0.4 is 15.4 Å². The number of nitriles is 1. The summed E-state index contributed by atoms with van der Waals surface area (Å²) in [6, 6.07) is 13.1. The molecule has 0 bridgehead atoms. The molecule has 0 unspecified atom stereocenters. The van der Waals surface area contributed by atoms with Gasteiger partial charge in [-0.25, -0.2) is 15.0 Å². The fraction of sp³-hybridized carbons (Fsp3) is 0.167. The number of pyridine rings is 2. The van der Waals surface area contributed by atoms with Gasteiger partial charge in [0.05, 0.1) is 23.9 Å². The molecule has 0 aliphatic rings. The van der Waals surface area contributed by atoms with Crippen LogP contribution in [0.15, 0.2) is 55.1 Å². The van der Waals surface area contributed by atoms with Crippen LogP contribution in [0.3, 0.4) is 0 Å². The maximum atomic E-state index is 12.2. The van der Waals surface area contributed by atoms with Crippen molar-refractivity contribution in [2.75, 3.05) is 26.0 Å². The molecule has 3 aromatic heterocycles. The molecule has 3 heterocycles. The van der Waals surface area contributed by atoms with Gasteiger partial charge in [-0.3, -0.25) is 9.78 Å². The summed E-state index contributed by atoms with van der Waals surface area (Å²) in [5.74, 6) is 0.908. The minimum absolute atomic E-state index is 0.139. The first-order chi connectivity index (χ1) is 16.1. The van der Waals surface area contributed by atoms with Crippen LogP contribution in [0.25, 0.3) is 22.2 Å². The quantitative estimate of drug-likeness (QED) is 0.450. The minimum atomic E-state index is -0.139. The summed E-state index contributed by atoms with van der Waals surface area (Å²) < 4.78 is 5.23. The molecule has 0 atom stereocenters. The van der Waals surface area contributed by atoms with Gasteiger partial charge in [-0.05, 0) is 24.1 Å². The standard InChI is InChI=1S/C24H21N7O2/c1-26-24(32)18-7-9-28-23-15(4-3-5-17(18)23)6-8-27-22-11-19(30-14-31-22)16-10-21(33-2)20(12-25)29-13-16/h3-5,7,9-11,13-14H,6,8H2,1-2H3,(H,26,32)(H,27,30,31). The molecule has 9 nitrogen and oxygen atoms in total. The zero-order valence-electron chi connectivity index (χ0n) is 18.2. The largest absolute Gasteiger partial charge is 0.494 e. The van der Waals surface area contributed by atoms with E-state index < -0.39 is 0 Å². The van der Waals surface area contributed by atoms with Gasteiger partial charge in [-0.15, -0.1) is 0 Å². The van der Waals surface area contributed by atoms with E-state index in [1.54, 1.807) is 31.6 Å². The first-order valence-corrected chi connectivity index (χ1v) is 10.2. The molecule has 1 amide bonds. The first-order valence-electron chi connectivity index (χ1n) is 10.2. The number of fused-ring (bicyclic) bond motifs is 1. The zero-order chi connectivity index (χ0) is 23.2. The van der Waals surface area contributed by atoms with E-state index in [-0.39, 0.29) is 11.6 Å². The molecule has 4 rings (SSSR count). The highest BCUT2D eigenvalue weighted by Gasteiger charge is 2.12. The number of carbonyl (C=O) groups is 1. The van der Waals surface area contributed by atoms with Gasteiger partial charge in [0.15, 0.2) is 11.4 Å². The number of nitrogens with zero attached hydrogens (tertiary/aromatic N) is 5. The van der Waals surface area contributed by atoms with Crippen molar-refractivity contribution in [2.45, 2.75) is 6.42 Å².